The van der Waals surface area contributed by atoms with Crippen LogP contribution in [0.1, 0.15) is 45.6 Å². The minimum Gasteiger partial charge on any atom is -0.381 e. The van der Waals surface area contributed by atoms with Gasteiger partial charge in [-0.3, -0.25) is 9.89 Å². The van der Waals surface area contributed by atoms with Gasteiger partial charge >= 0.3 is 0 Å². The highest BCUT2D eigenvalue weighted by atomic mass is 16.5. The van der Waals surface area contributed by atoms with Crippen LogP contribution in [0.3, 0.4) is 0 Å². The molecule has 1 aliphatic heterocycles. The number of hydrogen-bond donors (Lipinski definition) is 2. The predicted molar refractivity (Wildman–Crippen MR) is 114 cm³/mol. The Morgan fingerprint density at radius 2 is 1.96 bits per heavy atom. The molecule has 2 rings (SSSR count). The van der Waals surface area contributed by atoms with Crippen LogP contribution in [0.25, 0.3) is 0 Å². The first-order valence-electron chi connectivity index (χ1n) is 10.6. The Morgan fingerprint density at radius 1 is 1.22 bits per heavy atom. The summed E-state index contributed by atoms with van der Waals surface area (Å²) >= 11 is 0. The zero-order valence-electron chi connectivity index (χ0n) is 17.4. The molecule has 0 aromatic heterocycles. The molecule has 1 aromatic carbocycles. The average Bonchev–Trinajstić information content (AvgIpc) is 2.67. The van der Waals surface area contributed by atoms with Gasteiger partial charge < -0.3 is 15.4 Å². The Morgan fingerprint density at radius 3 is 2.63 bits per heavy atom. The highest BCUT2D eigenvalue weighted by Crippen LogP contribution is 2.13. The molecule has 5 heteroatoms. The molecule has 0 unspecified atom stereocenters. The molecule has 0 saturated carbocycles. The van der Waals surface area contributed by atoms with E-state index in [9.17, 15) is 0 Å². The van der Waals surface area contributed by atoms with E-state index in [1.807, 2.05) is 0 Å². The molecule has 0 spiro atoms. The van der Waals surface area contributed by atoms with E-state index in [-0.39, 0.29) is 0 Å². The first-order chi connectivity index (χ1) is 13.2. The van der Waals surface area contributed by atoms with Crippen LogP contribution in [0.2, 0.25) is 0 Å². The molecule has 0 atom stereocenters. The van der Waals surface area contributed by atoms with E-state index in [1.165, 1.54) is 5.56 Å². The van der Waals surface area contributed by atoms with Crippen LogP contribution in [0.5, 0.6) is 0 Å². The van der Waals surface area contributed by atoms with Gasteiger partial charge in [-0.05, 0) is 37.7 Å². The Balaban J connectivity index is 1.67. The molecule has 1 fully saturated rings. The maximum Gasteiger partial charge on any atom is 0.191 e. The number of guanidine groups is 1. The molecule has 152 valence electrons. The summed E-state index contributed by atoms with van der Waals surface area (Å²) in [4.78, 5) is 7.26. The molecule has 1 aromatic rings. The molecule has 0 aliphatic carbocycles. The summed E-state index contributed by atoms with van der Waals surface area (Å²) in [6.07, 6.45) is 3.29. The lowest BCUT2D eigenvalue weighted by molar-refractivity contribution is 0.109. The van der Waals surface area contributed by atoms with Crippen molar-refractivity contribution in [3.63, 3.8) is 0 Å². The number of hydrogen-bond acceptors (Lipinski definition) is 3. The van der Waals surface area contributed by atoms with Crippen LogP contribution in [0.15, 0.2) is 35.3 Å². The van der Waals surface area contributed by atoms with E-state index in [4.69, 9.17) is 9.73 Å². The SMILES string of the molecule is CCNC(=NCCCOCC(C)C)NC1CCN(Cc2ccccc2)CC1. The van der Waals surface area contributed by atoms with Crippen LogP contribution in [0.4, 0.5) is 0 Å². The van der Waals surface area contributed by atoms with Gasteiger partial charge in [0.05, 0.1) is 0 Å². The maximum absolute atomic E-state index is 5.63. The highest BCUT2D eigenvalue weighted by Gasteiger charge is 2.19. The number of aliphatic imine (C=N–C) groups is 1. The van der Waals surface area contributed by atoms with E-state index in [2.05, 4.69) is 66.6 Å². The first kappa shape index (κ1) is 21.7. The van der Waals surface area contributed by atoms with E-state index in [0.717, 1.165) is 71.2 Å². The fourth-order valence-electron chi connectivity index (χ4n) is 3.27. The van der Waals surface area contributed by atoms with Gasteiger partial charge in [0.1, 0.15) is 0 Å². The normalized spacial score (nSPS) is 16.7. The van der Waals surface area contributed by atoms with Gasteiger partial charge in [0, 0.05) is 52.0 Å². The minimum absolute atomic E-state index is 0.506. The van der Waals surface area contributed by atoms with Crippen molar-refractivity contribution in [3.8, 4) is 0 Å². The Hall–Kier alpha value is -1.59. The monoisotopic (exact) mass is 374 g/mol. The quantitative estimate of drug-likeness (QED) is 0.375. The lowest BCUT2D eigenvalue weighted by Crippen LogP contribution is -2.48. The van der Waals surface area contributed by atoms with Crippen molar-refractivity contribution in [1.82, 2.24) is 15.5 Å². The van der Waals surface area contributed by atoms with Crippen molar-refractivity contribution in [1.29, 1.82) is 0 Å². The fraction of sp³-hybridized carbons (Fsp3) is 0.682. The third-order valence-corrected chi connectivity index (χ3v) is 4.69. The summed E-state index contributed by atoms with van der Waals surface area (Å²) in [5.74, 6) is 1.54. The van der Waals surface area contributed by atoms with Crippen molar-refractivity contribution < 1.29 is 4.74 Å². The second-order valence-electron chi connectivity index (χ2n) is 7.76. The number of likely N-dealkylation sites (tertiary alicyclic amines) is 1. The van der Waals surface area contributed by atoms with Gasteiger partial charge in [0.15, 0.2) is 5.96 Å². The minimum atomic E-state index is 0.506. The zero-order valence-corrected chi connectivity index (χ0v) is 17.4. The first-order valence-corrected chi connectivity index (χ1v) is 10.6. The molecule has 0 bridgehead atoms. The summed E-state index contributed by atoms with van der Waals surface area (Å²) in [5.41, 5.74) is 1.40. The summed E-state index contributed by atoms with van der Waals surface area (Å²) < 4.78 is 5.63. The molecule has 0 amide bonds. The maximum atomic E-state index is 5.63. The van der Waals surface area contributed by atoms with Crippen LogP contribution in [-0.2, 0) is 11.3 Å². The van der Waals surface area contributed by atoms with E-state index in [0.29, 0.717) is 12.0 Å². The van der Waals surface area contributed by atoms with Crippen molar-refractivity contribution in [3.05, 3.63) is 35.9 Å². The molecule has 1 aliphatic rings. The smallest absolute Gasteiger partial charge is 0.191 e. The van der Waals surface area contributed by atoms with Crippen LogP contribution >= 0.6 is 0 Å². The average molecular weight is 375 g/mol. The Bertz CT molecular complexity index is 524. The lowest BCUT2D eigenvalue weighted by Gasteiger charge is -2.33. The van der Waals surface area contributed by atoms with Gasteiger partial charge in [-0.2, -0.15) is 0 Å². The topological polar surface area (TPSA) is 48.9 Å². The largest absolute Gasteiger partial charge is 0.381 e. The van der Waals surface area contributed by atoms with Crippen molar-refractivity contribution >= 4 is 5.96 Å². The Kier molecular flexibility index (Phi) is 10.2. The summed E-state index contributed by atoms with van der Waals surface area (Å²) in [6.45, 7) is 13.1. The van der Waals surface area contributed by atoms with Crippen LogP contribution < -0.4 is 10.6 Å². The van der Waals surface area contributed by atoms with Crippen molar-refractivity contribution in [2.24, 2.45) is 10.9 Å². The molecule has 27 heavy (non-hydrogen) atoms. The zero-order chi connectivity index (χ0) is 19.3. The van der Waals surface area contributed by atoms with Gasteiger partial charge in [-0.15, -0.1) is 0 Å². The molecule has 0 radical (unpaired) electrons. The number of ether oxygens (including phenoxy) is 1. The number of benzene rings is 1. The predicted octanol–water partition coefficient (Wildman–Crippen LogP) is 3.27. The van der Waals surface area contributed by atoms with Gasteiger partial charge in [0.25, 0.3) is 0 Å². The van der Waals surface area contributed by atoms with Gasteiger partial charge in [0.2, 0.25) is 0 Å². The van der Waals surface area contributed by atoms with Crippen molar-refractivity contribution in [2.75, 3.05) is 39.4 Å². The van der Waals surface area contributed by atoms with Gasteiger partial charge in [-0.1, -0.05) is 44.2 Å². The van der Waals surface area contributed by atoms with Crippen LogP contribution in [-0.4, -0.2) is 56.3 Å². The molecular weight excluding hydrogens is 336 g/mol. The summed E-state index contributed by atoms with van der Waals surface area (Å²) in [5, 5.41) is 7.00. The number of nitrogens with one attached hydrogen (secondary N) is 2. The number of nitrogens with zero attached hydrogens (tertiary/aromatic N) is 2. The molecular formula is C22H38N4O. The summed E-state index contributed by atoms with van der Waals surface area (Å²) in [6, 6.07) is 11.3. The standard InChI is InChI=1S/C22H38N4O/c1-4-23-22(24-13-8-16-27-18-19(2)3)25-21-11-14-26(15-12-21)17-20-9-6-5-7-10-20/h5-7,9-10,19,21H,4,8,11-18H2,1-3H3,(H2,23,24,25). The molecule has 2 N–H and O–H groups in total. The fourth-order valence-corrected chi connectivity index (χ4v) is 3.27. The number of rotatable bonds is 10. The molecule has 1 heterocycles. The Labute approximate surface area is 165 Å². The second kappa shape index (κ2) is 12.7. The van der Waals surface area contributed by atoms with E-state index in [1.54, 1.807) is 0 Å². The molecule has 1 saturated heterocycles. The lowest BCUT2D eigenvalue weighted by atomic mass is 10.0. The van der Waals surface area contributed by atoms with E-state index < -0.39 is 0 Å². The third-order valence-electron chi connectivity index (χ3n) is 4.69. The second-order valence-corrected chi connectivity index (χ2v) is 7.76. The number of piperidine rings is 1. The van der Waals surface area contributed by atoms with E-state index >= 15 is 0 Å². The van der Waals surface area contributed by atoms with Crippen LogP contribution in [0, 0.1) is 5.92 Å². The third kappa shape index (κ3) is 9.25. The highest BCUT2D eigenvalue weighted by molar-refractivity contribution is 5.80. The summed E-state index contributed by atoms with van der Waals surface area (Å²) in [7, 11) is 0. The van der Waals surface area contributed by atoms with Crippen molar-refractivity contribution in [2.45, 2.75) is 52.6 Å². The van der Waals surface area contributed by atoms with Gasteiger partial charge in [-0.25, -0.2) is 0 Å². The molecule has 5 nitrogen and oxygen atoms in total.